The molecule has 0 radical (unpaired) electrons. The second kappa shape index (κ2) is 10.7. The number of amides is 1. The van der Waals surface area contributed by atoms with Crippen molar-refractivity contribution in [3.8, 4) is 5.95 Å². The number of aromatic nitrogens is 5. The molecule has 5 heterocycles. The van der Waals surface area contributed by atoms with Crippen molar-refractivity contribution < 1.29 is 14.6 Å². The Bertz CT molecular complexity index is 1540. The lowest BCUT2D eigenvalue weighted by Gasteiger charge is -2.47. The van der Waals surface area contributed by atoms with Gasteiger partial charge in [-0.3, -0.25) is 14.3 Å². The number of rotatable bonds is 6. The summed E-state index contributed by atoms with van der Waals surface area (Å²) >= 11 is 1.60. The number of aliphatic hydroxyl groups excluding tert-OH is 1. The predicted octanol–water partition coefficient (Wildman–Crippen LogP) is 2.63. The van der Waals surface area contributed by atoms with Gasteiger partial charge in [0.1, 0.15) is 22.5 Å². The van der Waals surface area contributed by atoms with Gasteiger partial charge in [-0.05, 0) is 32.9 Å². The molecule has 11 nitrogen and oxygen atoms in total. The third-order valence-electron chi connectivity index (χ3n) is 7.80. The largest absolute Gasteiger partial charge is 0.384 e. The molecule has 6 rings (SSSR count). The number of aliphatic hydroxyl groups is 1. The maximum absolute atomic E-state index is 12.4. The second-order valence-electron chi connectivity index (χ2n) is 11.1. The summed E-state index contributed by atoms with van der Waals surface area (Å²) in [5.74, 6) is 2.14. The molecular weight excluding hydrogens is 528 g/mol. The topological polar surface area (TPSA) is 113 Å². The van der Waals surface area contributed by atoms with Crippen molar-refractivity contribution in [2.24, 2.45) is 0 Å². The number of hydrogen-bond acceptors (Lipinski definition) is 10. The molecule has 3 aromatic heterocycles. The van der Waals surface area contributed by atoms with Crippen LogP contribution in [0.2, 0.25) is 0 Å². The molecule has 0 bridgehead atoms. The van der Waals surface area contributed by atoms with E-state index in [-0.39, 0.29) is 11.4 Å². The van der Waals surface area contributed by atoms with Crippen LogP contribution in [0.3, 0.4) is 0 Å². The molecular formula is C28H36N8O3S. The Morgan fingerprint density at radius 2 is 1.88 bits per heavy atom. The molecule has 2 aliphatic rings. The smallest absolute Gasteiger partial charge is 0.251 e. The molecule has 0 unspecified atom stereocenters. The molecule has 0 spiro atoms. The van der Waals surface area contributed by atoms with E-state index in [0.29, 0.717) is 45.3 Å². The summed E-state index contributed by atoms with van der Waals surface area (Å²) in [5.41, 5.74) is 2.46. The average Bonchev–Trinajstić information content (AvgIpc) is 3.54. The average molecular weight is 565 g/mol. The SMILES string of the molecule is CCc1nc2ccccc2n1-c1nc(N2CCOCC2)c2nc(CN3CCN(C(=O)[C@H](C)O)CC3(C)C)sc2n1. The number of thiazole rings is 1. The fourth-order valence-corrected chi connectivity index (χ4v) is 6.58. The summed E-state index contributed by atoms with van der Waals surface area (Å²) in [4.78, 5) is 39.7. The van der Waals surface area contributed by atoms with Crippen LogP contribution in [0.4, 0.5) is 5.82 Å². The van der Waals surface area contributed by atoms with Crippen LogP contribution in [-0.2, 0) is 22.5 Å². The van der Waals surface area contributed by atoms with Crippen LogP contribution in [0.15, 0.2) is 24.3 Å². The Labute approximate surface area is 237 Å². The molecule has 1 N–H and O–H groups in total. The number of carbonyl (C=O) groups excluding carboxylic acids is 1. The molecule has 1 amide bonds. The molecule has 2 saturated heterocycles. The van der Waals surface area contributed by atoms with E-state index in [1.54, 1.807) is 16.2 Å². The standard InChI is InChI=1S/C28H36N8O3S/c1-5-21-29-19-8-6-7-9-20(19)36(21)27-31-24(33-12-14-39-15-13-33)23-25(32-27)40-22(30-23)16-35-11-10-34(17-28(35,3)4)26(38)18(2)37/h6-9,18,37H,5,10-17H2,1-4H3/t18-/m0/s1. The number of anilines is 1. The van der Waals surface area contributed by atoms with E-state index < -0.39 is 6.10 Å². The number of fused-ring (bicyclic) bond motifs is 2. The van der Waals surface area contributed by atoms with Gasteiger partial charge >= 0.3 is 0 Å². The van der Waals surface area contributed by atoms with Gasteiger partial charge in [0.25, 0.3) is 5.91 Å². The highest BCUT2D eigenvalue weighted by molar-refractivity contribution is 7.18. The van der Waals surface area contributed by atoms with E-state index in [1.807, 2.05) is 18.2 Å². The van der Waals surface area contributed by atoms with E-state index >= 15 is 0 Å². The molecule has 12 heteroatoms. The molecule has 0 aliphatic carbocycles. The highest BCUT2D eigenvalue weighted by Gasteiger charge is 2.37. The van der Waals surface area contributed by atoms with Crippen LogP contribution in [0.25, 0.3) is 27.3 Å². The summed E-state index contributed by atoms with van der Waals surface area (Å²) in [7, 11) is 0. The van der Waals surface area contributed by atoms with E-state index in [2.05, 4.69) is 41.2 Å². The Balaban J connectivity index is 1.38. The zero-order valence-corrected chi connectivity index (χ0v) is 24.3. The van der Waals surface area contributed by atoms with Gasteiger partial charge < -0.3 is 19.6 Å². The quantitative estimate of drug-likeness (QED) is 0.378. The summed E-state index contributed by atoms with van der Waals surface area (Å²) < 4.78 is 7.70. The number of piperazine rings is 1. The minimum Gasteiger partial charge on any atom is -0.384 e. The molecule has 1 atom stereocenters. The lowest BCUT2D eigenvalue weighted by molar-refractivity contribution is -0.144. The van der Waals surface area contributed by atoms with E-state index in [9.17, 15) is 9.90 Å². The highest BCUT2D eigenvalue weighted by atomic mass is 32.1. The number of morpholine rings is 1. The van der Waals surface area contributed by atoms with Gasteiger partial charge in [-0.1, -0.05) is 30.4 Å². The molecule has 40 heavy (non-hydrogen) atoms. The van der Waals surface area contributed by atoms with Crippen molar-refractivity contribution in [3.05, 3.63) is 35.1 Å². The Kier molecular flexibility index (Phi) is 7.19. The lowest BCUT2D eigenvalue weighted by atomic mass is 9.98. The van der Waals surface area contributed by atoms with Gasteiger partial charge in [-0.2, -0.15) is 9.97 Å². The van der Waals surface area contributed by atoms with Crippen LogP contribution in [0.5, 0.6) is 0 Å². The Morgan fingerprint density at radius 3 is 2.60 bits per heavy atom. The van der Waals surface area contributed by atoms with Gasteiger partial charge in [0, 0.05) is 44.7 Å². The molecule has 4 aromatic rings. The zero-order valence-electron chi connectivity index (χ0n) is 23.5. The Hall–Kier alpha value is -3.19. The second-order valence-corrected chi connectivity index (χ2v) is 12.1. The van der Waals surface area contributed by atoms with Gasteiger partial charge in [0.2, 0.25) is 5.95 Å². The van der Waals surface area contributed by atoms with Crippen molar-refractivity contribution >= 4 is 44.4 Å². The van der Waals surface area contributed by atoms with Crippen LogP contribution in [-0.4, -0.2) is 103 Å². The molecule has 2 fully saturated rings. The predicted molar refractivity (Wildman–Crippen MR) is 155 cm³/mol. The summed E-state index contributed by atoms with van der Waals surface area (Å²) in [5, 5.41) is 10.8. The number of benzene rings is 1. The number of ether oxygens (including phenoxy) is 1. The van der Waals surface area contributed by atoms with Crippen molar-refractivity contribution in [1.29, 1.82) is 0 Å². The number of nitrogens with zero attached hydrogens (tertiary/aromatic N) is 8. The first-order valence-corrected chi connectivity index (χ1v) is 14.8. The first-order valence-electron chi connectivity index (χ1n) is 13.9. The van der Waals surface area contributed by atoms with E-state index in [0.717, 1.165) is 57.5 Å². The highest BCUT2D eigenvalue weighted by Crippen LogP contribution is 2.33. The Morgan fingerprint density at radius 1 is 1.10 bits per heavy atom. The molecule has 212 valence electrons. The van der Waals surface area contributed by atoms with Crippen LogP contribution >= 0.6 is 11.3 Å². The number of aryl methyl sites for hydroxylation is 1. The number of carbonyl (C=O) groups is 1. The van der Waals surface area contributed by atoms with Crippen molar-refractivity contribution in [3.63, 3.8) is 0 Å². The zero-order chi connectivity index (χ0) is 28.0. The van der Waals surface area contributed by atoms with Crippen LogP contribution in [0.1, 0.15) is 38.5 Å². The third kappa shape index (κ3) is 4.93. The molecule has 2 aliphatic heterocycles. The third-order valence-corrected chi connectivity index (χ3v) is 8.73. The summed E-state index contributed by atoms with van der Waals surface area (Å²) in [6, 6.07) is 8.10. The first-order chi connectivity index (χ1) is 19.2. The van der Waals surface area contributed by atoms with Gasteiger partial charge in [0.05, 0.1) is 30.8 Å². The summed E-state index contributed by atoms with van der Waals surface area (Å²) in [6.45, 7) is 13.2. The van der Waals surface area contributed by atoms with Gasteiger partial charge in [0.15, 0.2) is 10.6 Å². The van der Waals surface area contributed by atoms with E-state index in [4.69, 9.17) is 24.7 Å². The first kappa shape index (κ1) is 27.0. The fraction of sp³-hybridized carbons (Fsp3) is 0.536. The van der Waals surface area contributed by atoms with Gasteiger partial charge in [-0.15, -0.1) is 0 Å². The van der Waals surface area contributed by atoms with Crippen molar-refractivity contribution in [2.45, 2.75) is 52.3 Å². The van der Waals surface area contributed by atoms with E-state index in [1.165, 1.54) is 6.92 Å². The van der Waals surface area contributed by atoms with Crippen LogP contribution in [0, 0.1) is 0 Å². The number of hydrogen-bond donors (Lipinski definition) is 1. The minimum absolute atomic E-state index is 0.218. The number of para-hydroxylation sites is 2. The maximum Gasteiger partial charge on any atom is 0.251 e. The van der Waals surface area contributed by atoms with Crippen molar-refractivity contribution in [1.82, 2.24) is 34.3 Å². The lowest BCUT2D eigenvalue weighted by Crippen LogP contribution is -2.61. The normalized spacial score (nSPS) is 19.0. The number of imidazole rings is 1. The van der Waals surface area contributed by atoms with Crippen molar-refractivity contribution in [2.75, 3.05) is 50.8 Å². The molecule has 1 aromatic carbocycles. The fourth-order valence-electron chi connectivity index (χ4n) is 5.64. The monoisotopic (exact) mass is 564 g/mol. The minimum atomic E-state index is -0.987. The maximum atomic E-state index is 12.4. The molecule has 0 saturated carbocycles. The van der Waals surface area contributed by atoms with Gasteiger partial charge in [-0.25, -0.2) is 9.97 Å². The summed E-state index contributed by atoms with van der Waals surface area (Å²) in [6.07, 6.45) is -0.228. The van der Waals surface area contributed by atoms with Crippen LogP contribution < -0.4 is 4.90 Å².